The molecule has 4 rings (SSSR count). The number of rotatable bonds is 6. The second-order valence-corrected chi connectivity index (χ2v) is 8.00. The van der Waals surface area contributed by atoms with Gasteiger partial charge in [0.25, 0.3) is 0 Å². The molecule has 0 saturated carbocycles. The van der Waals surface area contributed by atoms with Crippen LogP contribution >= 0.6 is 0 Å². The number of para-hydroxylation sites is 1. The molecule has 2 aliphatic rings. The Balaban J connectivity index is 1.32. The summed E-state index contributed by atoms with van der Waals surface area (Å²) in [5.41, 5.74) is 2.91. The Bertz CT molecular complexity index is 1020. The first-order valence-electron chi connectivity index (χ1n) is 10.6. The van der Waals surface area contributed by atoms with Gasteiger partial charge in [0.15, 0.2) is 11.5 Å². The minimum absolute atomic E-state index is 0.0836. The first-order valence-corrected chi connectivity index (χ1v) is 10.6. The van der Waals surface area contributed by atoms with E-state index in [4.69, 9.17) is 9.47 Å². The van der Waals surface area contributed by atoms with E-state index in [0.29, 0.717) is 37.6 Å². The van der Waals surface area contributed by atoms with E-state index >= 15 is 0 Å². The summed E-state index contributed by atoms with van der Waals surface area (Å²) in [6.45, 7) is 1.26. The Morgan fingerprint density at radius 2 is 1.75 bits per heavy atom. The Morgan fingerprint density at radius 3 is 2.44 bits per heavy atom. The molecule has 1 N–H and O–H groups in total. The van der Waals surface area contributed by atoms with Gasteiger partial charge in [-0.05, 0) is 41.8 Å². The van der Waals surface area contributed by atoms with Gasteiger partial charge >= 0.3 is 0 Å². The Hall–Kier alpha value is -3.55. The van der Waals surface area contributed by atoms with Gasteiger partial charge in [-0.3, -0.25) is 14.4 Å². The predicted molar refractivity (Wildman–Crippen MR) is 119 cm³/mol. The maximum absolute atomic E-state index is 12.7. The Morgan fingerprint density at radius 1 is 1.06 bits per heavy atom. The van der Waals surface area contributed by atoms with Crippen LogP contribution in [0.3, 0.4) is 0 Å². The molecular formula is C24H27N3O5. The second-order valence-electron chi connectivity index (χ2n) is 8.00. The minimum atomic E-state index is -0.464. The molecule has 168 valence electrons. The highest BCUT2D eigenvalue weighted by molar-refractivity contribution is 6.00. The Labute approximate surface area is 187 Å². The lowest BCUT2D eigenvalue weighted by Crippen LogP contribution is -2.44. The zero-order valence-electron chi connectivity index (χ0n) is 18.3. The van der Waals surface area contributed by atoms with E-state index in [9.17, 15) is 14.4 Å². The number of ether oxygens (including phenoxy) is 2. The second kappa shape index (κ2) is 9.30. The topological polar surface area (TPSA) is 88.2 Å². The molecular weight excluding hydrogens is 410 g/mol. The number of anilines is 1. The summed E-state index contributed by atoms with van der Waals surface area (Å²) in [4.78, 5) is 41.0. The molecule has 0 bridgehead atoms. The van der Waals surface area contributed by atoms with Gasteiger partial charge in [-0.2, -0.15) is 0 Å². The third-order valence-corrected chi connectivity index (χ3v) is 6.05. The lowest BCUT2D eigenvalue weighted by atomic mass is 9.98. The lowest BCUT2D eigenvalue weighted by molar-refractivity contribution is -0.134. The van der Waals surface area contributed by atoms with Crippen LogP contribution in [-0.2, 0) is 27.3 Å². The van der Waals surface area contributed by atoms with Crippen molar-refractivity contribution in [3.8, 4) is 11.5 Å². The molecule has 0 unspecified atom stereocenters. The highest BCUT2D eigenvalue weighted by Gasteiger charge is 2.35. The van der Waals surface area contributed by atoms with E-state index in [2.05, 4.69) is 5.32 Å². The number of carbonyl (C=O) groups excluding carboxylic acids is 3. The molecule has 1 fully saturated rings. The molecule has 2 heterocycles. The summed E-state index contributed by atoms with van der Waals surface area (Å²) >= 11 is 0. The number of amides is 3. The van der Waals surface area contributed by atoms with E-state index in [-0.39, 0.29) is 30.7 Å². The molecule has 2 aliphatic heterocycles. The number of hydrogen-bond donors (Lipinski definition) is 1. The fourth-order valence-corrected chi connectivity index (χ4v) is 4.26. The lowest BCUT2D eigenvalue weighted by Gasteiger charge is -2.30. The molecule has 0 spiro atoms. The van der Waals surface area contributed by atoms with Crippen LogP contribution in [-0.4, -0.2) is 56.5 Å². The van der Waals surface area contributed by atoms with Crippen LogP contribution in [0, 0.1) is 5.92 Å². The summed E-state index contributed by atoms with van der Waals surface area (Å²) in [5, 5.41) is 2.73. The van der Waals surface area contributed by atoms with Crippen molar-refractivity contribution in [1.29, 1.82) is 0 Å². The largest absolute Gasteiger partial charge is 0.493 e. The SMILES string of the molecule is COc1cc2c(cc1OC)CN(C(=O)CNC(=O)[C@@H]1CC(=O)N(c3ccccc3)C1)CC2. The standard InChI is InChI=1S/C24H27N3O5/c1-31-20-10-16-8-9-26(14-17(16)11-21(20)32-2)23(29)13-25-24(30)18-12-22(28)27(15-18)19-6-4-3-5-7-19/h3-7,10-11,18H,8-9,12-15H2,1-2H3,(H,25,30)/t18-/m1/s1. The van der Waals surface area contributed by atoms with Gasteiger partial charge in [-0.25, -0.2) is 0 Å². The minimum Gasteiger partial charge on any atom is -0.493 e. The van der Waals surface area contributed by atoms with E-state index in [1.54, 1.807) is 24.0 Å². The number of fused-ring (bicyclic) bond motifs is 1. The number of hydrogen-bond acceptors (Lipinski definition) is 5. The van der Waals surface area contributed by atoms with Crippen molar-refractivity contribution < 1.29 is 23.9 Å². The third-order valence-electron chi connectivity index (χ3n) is 6.05. The van der Waals surface area contributed by atoms with Crippen LogP contribution in [0.1, 0.15) is 17.5 Å². The summed E-state index contributed by atoms with van der Waals surface area (Å²) in [6, 6.07) is 13.1. The smallest absolute Gasteiger partial charge is 0.242 e. The van der Waals surface area contributed by atoms with Crippen molar-refractivity contribution in [1.82, 2.24) is 10.2 Å². The van der Waals surface area contributed by atoms with Crippen LogP contribution < -0.4 is 19.7 Å². The predicted octanol–water partition coefficient (Wildman–Crippen LogP) is 1.76. The van der Waals surface area contributed by atoms with E-state index in [0.717, 1.165) is 16.8 Å². The van der Waals surface area contributed by atoms with E-state index in [1.165, 1.54) is 0 Å². The summed E-state index contributed by atoms with van der Waals surface area (Å²) < 4.78 is 10.7. The first-order chi connectivity index (χ1) is 15.5. The van der Waals surface area contributed by atoms with E-state index in [1.807, 2.05) is 42.5 Å². The van der Waals surface area contributed by atoms with Crippen molar-refractivity contribution in [2.45, 2.75) is 19.4 Å². The van der Waals surface area contributed by atoms with Gasteiger partial charge in [0.2, 0.25) is 17.7 Å². The Kier molecular flexibility index (Phi) is 6.30. The number of methoxy groups -OCH3 is 2. The number of benzene rings is 2. The van der Waals surface area contributed by atoms with Crippen LogP contribution in [0.15, 0.2) is 42.5 Å². The van der Waals surface area contributed by atoms with Crippen LogP contribution in [0.5, 0.6) is 11.5 Å². The number of nitrogens with one attached hydrogen (secondary N) is 1. The van der Waals surface area contributed by atoms with Crippen LogP contribution in [0.4, 0.5) is 5.69 Å². The van der Waals surface area contributed by atoms with Gasteiger partial charge in [0.05, 0.1) is 26.7 Å². The van der Waals surface area contributed by atoms with Crippen molar-refractivity contribution in [2.75, 3.05) is 38.8 Å². The molecule has 1 saturated heterocycles. The summed E-state index contributed by atoms with van der Waals surface area (Å²) in [6.07, 6.45) is 0.853. The average molecular weight is 437 g/mol. The highest BCUT2D eigenvalue weighted by atomic mass is 16.5. The van der Waals surface area contributed by atoms with Crippen molar-refractivity contribution in [2.24, 2.45) is 5.92 Å². The van der Waals surface area contributed by atoms with Crippen LogP contribution in [0.2, 0.25) is 0 Å². The first kappa shape index (κ1) is 21.7. The van der Waals surface area contributed by atoms with Gasteiger partial charge < -0.3 is 24.6 Å². The molecule has 8 heteroatoms. The average Bonchev–Trinajstić information content (AvgIpc) is 3.23. The molecule has 0 aliphatic carbocycles. The highest BCUT2D eigenvalue weighted by Crippen LogP contribution is 2.33. The maximum Gasteiger partial charge on any atom is 0.242 e. The normalized spacial score (nSPS) is 17.7. The van der Waals surface area contributed by atoms with Crippen molar-refractivity contribution in [3.05, 3.63) is 53.6 Å². The third kappa shape index (κ3) is 4.39. The molecule has 0 radical (unpaired) electrons. The molecule has 32 heavy (non-hydrogen) atoms. The number of nitrogens with zero attached hydrogens (tertiary/aromatic N) is 2. The molecule has 2 aromatic carbocycles. The summed E-state index contributed by atoms with van der Waals surface area (Å²) in [5.74, 6) is 0.336. The maximum atomic E-state index is 12.7. The van der Waals surface area contributed by atoms with Crippen LogP contribution in [0.25, 0.3) is 0 Å². The fraction of sp³-hybridized carbons (Fsp3) is 0.375. The molecule has 0 aromatic heterocycles. The van der Waals surface area contributed by atoms with Gasteiger partial charge in [-0.15, -0.1) is 0 Å². The molecule has 1 atom stereocenters. The number of carbonyl (C=O) groups is 3. The van der Waals surface area contributed by atoms with Crippen molar-refractivity contribution >= 4 is 23.4 Å². The van der Waals surface area contributed by atoms with Gasteiger partial charge in [0.1, 0.15) is 0 Å². The summed E-state index contributed by atoms with van der Waals surface area (Å²) in [7, 11) is 3.18. The van der Waals surface area contributed by atoms with Gasteiger partial charge in [0, 0.05) is 31.7 Å². The quantitative estimate of drug-likeness (QED) is 0.744. The fourth-order valence-electron chi connectivity index (χ4n) is 4.26. The molecule has 3 amide bonds. The van der Waals surface area contributed by atoms with Gasteiger partial charge in [-0.1, -0.05) is 18.2 Å². The molecule has 8 nitrogen and oxygen atoms in total. The van der Waals surface area contributed by atoms with E-state index < -0.39 is 5.92 Å². The zero-order chi connectivity index (χ0) is 22.7. The monoisotopic (exact) mass is 437 g/mol. The molecule has 2 aromatic rings. The van der Waals surface area contributed by atoms with Crippen molar-refractivity contribution in [3.63, 3.8) is 0 Å². The zero-order valence-corrected chi connectivity index (χ0v) is 18.3.